The first-order chi connectivity index (χ1) is 9.09. The summed E-state index contributed by atoms with van der Waals surface area (Å²) in [4.78, 5) is 2.58. The summed E-state index contributed by atoms with van der Waals surface area (Å²) >= 11 is 0. The van der Waals surface area contributed by atoms with E-state index in [4.69, 9.17) is 9.47 Å². The molecule has 4 nitrogen and oxygen atoms in total. The molecule has 3 heterocycles. The largest absolute Gasteiger partial charge is 0.390 e. The highest BCUT2D eigenvalue weighted by molar-refractivity contribution is 4.94. The maximum atomic E-state index is 10.1. The molecule has 0 aromatic rings. The van der Waals surface area contributed by atoms with Gasteiger partial charge in [0, 0.05) is 39.0 Å². The number of likely N-dealkylation sites (tertiary alicyclic amines) is 1. The summed E-state index contributed by atoms with van der Waals surface area (Å²) < 4.78 is 11.6. The van der Waals surface area contributed by atoms with Crippen LogP contribution in [-0.4, -0.2) is 60.2 Å². The first-order valence-electron chi connectivity index (χ1n) is 7.77. The van der Waals surface area contributed by atoms with Gasteiger partial charge in [0.1, 0.15) is 0 Å². The SMILES string of the molecule is CC1(O)CCN(C2CCOC3(CCOCC3)C2)CC1. The Balaban J connectivity index is 1.59. The average Bonchev–Trinajstić information content (AvgIpc) is 2.39. The van der Waals surface area contributed by atoms with Gasteiger partial charge in [-0.15, -0.1) is 0 Å². The number of ether oxygens (including phenoxy) is 2. The number of hydrogen-bond donors (Lipinski definition) is 1. The molecule has 3 fully saturated rings. The number of piperidine rings is 1. The molecule has 4 heteroatoms. The third-order valence-corrected chi connectivity index (χ3v) is 5.26. The first-order valence-corrected chi connectivity index (χ1v) is 7.77. The standard InChI is InChI=1S/C15H27NO3/c1-14(17)3-7-16(8-4-14)13-2-9-19-15(12-13)5-10-18-11-6-15/h13,17H,2-12H2,1H3. The third-order valence-electron chi connectivity index (χ3n) is 5.26. The molecule has 0 aromatic heterocycles. The van der Waals surface area contributed by atoms with E-state index in [0.717, 1.165) is 71.4 Å². The molecule has 0 aromatic carbocycles. The summed E-state index contributed by atoms with van der Waals surface area (Å²) in [6, 6.07) is 0.642. The quantitative estimate of drug-likeness (QED) is 0.784. The van der Waals surface area contributed by atoms with Crippen LogP contribution >= 0.6 is 0 Å². The molecule has 0 radical (unpaired) electrons. The maximum Gasteiger partial charge on any atom is 0.0741 e. The Hall–Kier alpha value is -0.160. The Morgan fingerprint density at radius 3 is 2.42 bits per heavy atom. The molecule has 3 saturated heterocycles. The minimum absolute atomic E-state index is 0.0845. The predicted octanol–water partition coefficient (Wildman–Crippen LogP) is 1.56. The fourth-order valence-corrected chi connectivity index (χ4v) is 3.78. The van der Waals surface area contributed by atoms with Gasteiger partial charge in [-0.1, -0.05) is 0 Å². The summed E-state index contributed by atoms with van der Waals surface area (Å²) in [6.07, 6.45) is 6.20. The van der Waals surface area contributed by atoms with E-state index in [1.165, 1.54) is 0 Å². The number of aliphatic hydroxyl groups is 1. The van der Waals surface area contributed by atoms with Crippen LogP contribution in [0.4, 0.5) is 0 Å². The van der Waals surface area contributed by atoms with Crippen LogP contribution in [-0.2, 0) is 9.47 Å². The van der Waals surface area contributed by atoms with Crippen molar-refractivity contribution in [3.05, 3.63) is 0 Å². The fraction of sp³-hybridized carbons (Fsp3) is 1.00. The molecule has 19 heavy (non-hydrogen) atoms. The van der Waals surface area contributed by atoms with Crippen molar-refractivity contribution < 1.29 is 14.6 Å². The van der Waals surface area contributed by atoms with Crippen LogP contribution in [0.2, 0.25) is 0 Å². The van der Waals surface area contributed by atoms with E-state index in [-0.39, 0.29) is 5.60 Å². The van der Waals surface area contributed by atoms with Gasteiger partial charge in [-0.3, -0.25) is 4.90 Å². The van der Waals surface area contributed by atoms with Crippen molar-refractivity contribution in [2.24, 2.45) is 0 Å². The third kappa shape index (κ3) is 3.13. The summed E-state index contributed by atoms with van der Waals surface area (Å²) in [6.45, 7) is 6.61. The van der Waals surface area contributed by atoms with E-state index in [2.05, 4.69) is 4.90 Å². The van der Waals surface area contributed by atoms with Gasteiger partial charge in [0.2, 0.25) is 0 Å². The Morgan fingerprint density at radius 2 is 1.74 bits per heavy atom. The van der Waals surface area contributed by atoms with Crippen LogP contribution in [0.3, 0.4) is 0 Å². The minimum atomic E-state index is -0.446. The molecule has 1 atom stereocenters. The van der Waals surface area contributed by atoms with Gasteiger partial charge >= 0.3 is 0 Å². The summed E-state index contributed by atoms with van der Waals surface area (Å²) in [5, 5.41) is 10.1. The van der Waals surface area contributed by atoms with Gasteiger partial charge in [-0.05, 0) is 45.4 Å². The van der Waals surface area contributed by atoms with Crippen LogP contribution in [0.15, 0.2) is 0 Å². The normalized spacial score (nSPS) is 35.4. The second kappa shape index (κ2) is 5.32. The topological polar surface area (TPSA) is 41.9 Å². The highest BCUT2D eigenvalue weighted by Crippen LogP contribution is 2.37. The Bertz CT molecular complexity index is 297. The van der Waals surface area contributed by atoms with Crippen molar-refractivity contribution >= 4 is 0 Å². The lowest BCUT2D eigenvalue weighted by Crippen LogP contribution is -2.54. The molecule has 0 saturated carbocycles. The van der Waals surface area contributed by atoms with Crippen molar-refractivity contribution in [1.82, 2.24) is 4.90 Å². The zero-order chi connectivity index (χ0) is 13.3. The summed E-state index contributed by atoms with van der Waals surface area (Å²) in [7, 11) is 0. The van der Waals surface area contributed by atoms with Crippen LogP contribution in [0, 0.1) is 0 Å². The molecule has 1 N–H and O–H groups in total. The van der Waals surface area contributed by atoms with Gasteiger partial charge < -0.3 is 14.6 Å². The smallest absolute Gasteiger partial charge is 0.0741 e. The lowest BCUT2D eigenvalue weighted by molar-refractivity contribution is -0.155. The van der Waals surface area contributed by atoms with Crippen molar-refractivity contribution in [3.63, 3.8) is 0 Å². The van der Waals surface area contributed by atoms with E-state index < -0.39 is 5.60 Å². The van der Waals surface area contributed by atoms with E-state index >= 15 is 0 Å². The van der Waals surface area contributed by atoms with Gasteiger partial charge in [0.05, 0.1) is 11.2 Å². The summed E-state index contributed by atoms with van der Waals surface area (Å²) in [5.74, 6) is 0. The molecule has 3 rings (SSSR count). The Morgan fingerprint density at radius 1 is 1.05 bits per heavy atom. The number of nitrogens with zero attached hydrogens (tertiary/aromatic N) is 1. The average molecular weight is 269 g/mol. The van der Waals surface area contributed by atoms with E-state index in [1.807, 2.05) is 6.92 Å². The Kier molecular flexibility index (Phi) is 3.87. The van der Waals surface area contributed by atoms with Crippen LogP contribution < -0.4 is 0 Å². The minimum Gasteiger partial charge on any atom is -0.390 e. The van der Waals surface area contributed by atoms with E-state index in [1.54, 1.807) is 0 Å². The number of hydrogen-bond acceptors (Lipinski definition) is 4. The van der Waals surface area contributed by atoms with Crippen molar-refractivity contribution in [2.45, 2.75) is 62.7 Å². The molecular formula is C15H27NO3. The molecule has 3 aliphatic heterocycles. The molecule has 0 aliphatic carbocycles. The maximum absolute atomic E-state index is 10.1. The van der Waals surface area contributed by atoms with Gasteiger partial charge in [-0.2, -0.15) is 0 Å². The van der Waals surface area contributed by atoms with Crippen LogP contribution in [0.5, 0.6) is 0 Å². The Labute approximate surface area is 116 Å². The van der Waals surface area contributed by atoms with Crippen LogP contribution in [0.1, 0.15) is 45.4 Å². The molecule has 0 amide bonds. The molecule has 1 unspecified atom stereocenters. The van der Waals surface area contributed by atoms with Crippen LogP contribution in [0.25, 0.3) is 0 Å². The van der Waals surface area contributed by atoms with Gasteiger partial charge in [0.15, 0.2) is 0 Å². The number of rotatable bonds is 1. The van der Waals surface area contributed by atoms with Crippen molar-refractivity contribution in [3.8, 4) is 0 Å². The monoisotopic (exact) mass is 269 g/mol. The first kappa shape index (κ1) is 13.8. The van der Waals surface area contributed by atoms with Gasteiger partial charge in [0.25, 0.3) is 0 Å². The molecule has 0 bridgehead atoms. The zero-order valence-electron chi connectivity index (χ0n) is 12.1. The van der Waals surface area contributed by atoms with Crippen molar-refractivity contribution in [1.29, 1.82) is 0 Å². The van der Waals surface area contributed by atoms with E-state index in [9.17, 15) is 5.11 Å². The second-order valence-corrected chi connectivity index (χ2v) is 6.82. The van der Waals surface area contributed by atoms with E-state index in [0.29, 0.717) is 6.04 Å². The van der Waals surface area contributed by atoms with Crippen molar-refractivity contribution in [2.75, 3.05) is 32.9 Å². The van der Waals surface area contributed by atoms with Gasteiger partial charge in [-0.25, -0.2) is 0 Å². The lowest BCUT2D eigenvalue weighted by Gasteiger charge is -2.48. The lowest BCUT2D eigenvalue weighted by atomic mass is 9.82. The highest BCUT2D eigenvalue weighted by Gasteiger charge is 2.41. The summed E-state index contributed by atoms with van der Waals surface area (Å²) in [5.41, 5.74) is -0.362. The molecule has 110 valence electrons. The highest BCUT2D eigenvalue weighted by atomic mass is 16.5. The molecule has 3 aliphatic rings. The predicted molar refractivity (Wildman–Crippen MR) is 73.2 cm³/mol. The second-order valence-electron chi connectivity index (χ2n) is 6.82. The fourth-order valence-electron chi connectivity index (χ4n) is 3.78. The molecular weight excluding hydrogens is 242 g/mol. The molecule has 1 spiro atoms. The zero-order valence-corrected chi connectivity index (χ0v) is 12.1.